The van der Waals surface area contributed by atoms with Crippen molar-refractivity contribution in [2.45, 2.75) is 71.3 Å². The number of primary amides is 1. The Morgan fingerprint density at radius 2 is 1.41 bits per heavy atom. The van der Waals surface area contributed by atoms with Gasteiger partial charge < -0.3 is 26.2 Å². The number of nitrogens with zero attached hydrogens (tertiary/aromatic N) is 3. The smallest absolute Gasteiger partial charge is 0.329 e. The lowest BCUT2D eigenvalue weighted by Crippen LogP contribution is -2.58. The molecule has 3 rings (SSSR count). The molecule has 1 fully saturated rings. The van der Waals surface area contributed by atoms with E-state index in [0.717, 1.165) is 38.5 Å². The second kappa shape index (κ2) is 18.7. The first kappa shape index (κ1) is 34.6. The van der Waals surface area contributed by atoms with Crippen molar-refractivity contribution in [2.24, 2.45) is 11.7 Å². The number of amides is 5. The molecule has 5 amide bonds. The van der Waals surface area contributed by atoms with Crippen LogP contribution in [-0.2, 0) is 14.4 Å². The third-order valence-corrected chi connectivity index (χ3v) is 8.00. The van der Waals surface area contributed by atoms with Crippen molar-refractivity contribution in [1.29, 1.82) is 0 Å². The average molecular weight is 607 g/mol. The Hall–Kier alpha value is -3.92. The lowest BCUT2D eigenvalue weighted by atomic mass is 9.88. The molecule has 2 aromatic rings. The van der Waals surface area contributed by atoms with Crippen molar-refractivity contribution in [1.82, 2.24) is 20.4 Å². The normalized spacial score (nSPS) is 16.3. The number of hydrogen-bond acceptors (Lipinski definition) is 5. The van der Waals surface area contributed by atoms with E-state index in [1.165, 1.54) is 0 Å². The number of nitrogens with one attached hydrogen (secondary N) is 2. The van der Waals surface area contributed by atoms with Crippen LogP contribution >= 0.6 is 0 Å². The van der Waals surface area contributed by atoms with Gasteiger partial charge in [0.05, 0.1) is 17.9 Å². The van der Waals surface area contributed by atoms with Gasteiger partial charge in [0, 0.05) is 38.6 Å². The molecular formula is C34H50N6O4. The number of para-hydroxylation sites is 2. The maximum Gasteiger partial charge on any atom is 0.329 e. The summed E-state index contributed by atoms with van der Waals surface area (Å²) < 4.78 is 0. The van der Waals surface area contributed by atoms with Gasteiger partial charge in [-0.05, 0) is 49.9 Å². The number of urea groups is 1. The van der Waals surface area contributed by atoms with Gasteiger partial charge >= 0.3 is 6.03 Å². The molecule has 240 valence electrons. The number of likely N-dealkylation sites (tertiary alicyclic amines) is 1. The van der Waals surface area contributed by atoms with Crippen molar-refractivity contribution < 1.29 is 19.2 Å². The van der Waals surface area contributed by atoms with E-state index in [9.17, 15) is 19.2 Å². The highest BCUT2D eigenvalue weighted by atomic mass is 16.2. The molecule has 1 aliphatic rings. The summed E-state index contributed by atoms with van der Waals surface area (Å²) in [4.78, 5) is 58.2. The molecule has 4 N–H and O–H groups in total. The molecule has 1 saturated heterocycles. The standard InChI is InChI=1S/C34H50N6O4/c1-3-5-13-22-38(23-14-6-4-2)33(43)27-19-24-39(30(25-27)32(42)37-21-20-36-26-31(35)41)34(44)40(28-15-9-7-10-16-28)29-17-11-8-12-18-29/h7-12,15-18,27,30,36H,3-6,13-14,19-26H2,1-2H3,(H2,35,41)(H,37,42)/t27-,30-/m0/s1. The van der Waals surface area contributed by atoms with Crippen LogP contribution in [0.25, 0.3) is 0 Å². The van der Waals surface area contributed by atoms with Gasteiger partial charge in [0.15, 0.2) is 0 Å². The van der Waals surface area contributed by atoms with E-state index in [-0.39, 0.29) is 49.8 Å². The molecule has 0 unspecified atom stereocenters. The van der Waals surface area contributed by atoms with E-state index in [4.69, 9.17) is 5.73 Å². The number of carbonyl (C=O) groups excluding carboxylic acids is 4. The first-order chi connectivity index (χ1) is 21.4. The molecule has 0 radical (unpaired) electrons. The number of carbonyl (C=O) groups is 4. The van der Waals surface area contributed by atoms with Gasteiger partial charge in [-0.3, -0.25) is 19.3 Å². The second-order valence-electron chi connectivity index (χ2n) is 11.4. The lowest BCUT2D eigenvalue weighted by Gasteiger charge is -2.41. The minimum atomic E-state index is -0.829. The van der Waals surface area contributed by atoms with Gasteiger partial charge in [-0.1, -0.05) is 75.9 Å². The Morgan fingerprint density at radius 1 is 0.841 bits per heavy atom. The number of nitrogens with two attached hydrogens (primary N) is 1. The van der Waals surface area contributed by atoms with Crippen molar-refractivity contribution >= 4 is 35.1 Å². The van der Waals surface area contributed by atoms with Crippen LogP contribution in [0.5, 0.6) is 0 Å². The van der Waals surface area contributed by atoms with Crippen LogP contribution in [0.1, 0.15) is 65.2 Å². The van der Waals surface area contributed by atoms with E-state index < -0.39 is 11.9 Å². The van der Waals surface area contributed by atoms with Crippen LogP contribution in [0.3, 0.4) is 0 Å². The molecule has 1 heterocycles. The molecule has 0 aromatic heterocycles. The van der Waals surface area contributed by atoms with Crippen LogP contribution in [0.15, 0.2) is 60.7 Å². The first-order valence-corrected chi connectivity index (χ1v) is 16.1. The minimum Gasteiger partial charge on any atom is -0.369 e. The molecule has 2 atom stereocenters. The van der Waals surface area contributed by atoms with Gasteiger partial charge in [-0.2, -0.15) is 0 Å². The van der Waals surface area contributed by atoms with Crippen LogP contribution in [0.2, 0.25) is 0 Å². The molecule has 0 aliphatic carbocycles. The van der Waals surface area contributed by atoms with E-state index >= 15 is 0 Å². The quantitative estimate of drug-likeness (QED) is 0.230. The van der Waals surface area contributed by atoms with Crippen molar-refractivity contribution in [3.8, 4) is 0 Å². The summed E-state index contributed by atoms with van der Waals surface area (Å²) in [5.41, 5.74) is 6.58. The molecule has 1 aliphatic heterocycles. The predicted octanol–water partition coefficient (Wildman–Crippen LogP) is 4.43. The number of hydrogen-bond donors (Lipinski definition) is 3. The van der Waals surface area contributed by atoms with Gasteiger partial charge in [0.1, 0.15) is 6.04 Å². The average Bonchev–Trinajstić information content (AvgIpc) is 3.04. The zero-order valence-electron chi connectivity index (χ0n) is 26.4. The SMILES string of the molecule is CCCCCN(CCCCC)C(=O)[C@H]1CCN(C(=O)N(c2ccccc2)c2ccccc2)[C@H](C(=O)NCCNCC(N)=O)C1. The van der Waals surface area contributed by atoms with Crippen molar-refractivity contribution in [3.63, 3.8) is 0 Å². The molecule has 10 nitrogen and oxygen atoms in total. The molecule has 0 saturated carbocycles. The van der Waals surface area contributed by atoms with Crippen LogP contribution in [0, 0.1) is 5.92 Å². The van der Waals surface area contributed by atoms with Crippen LogP contribution in [-0.4, -0.2) is 78.9 Å². The predicted molar refractivity (Wildman–Crippen MR) is 174 cm³/mol. The van der Waals surface area contributed by atoms with Crippen molar-refractivity contribution in [3.05, 3.63) is 60.7 Å². The summed E-state index contributed by atoms with van der Waals surface area (Å²) in [6.45, 7) is 6.62. The number of benzene rings is 2. The summed E-state index contributed by atoms with van der Waals surface area (Å²) in [6.07, 6.45) is 6.93. The summed E-state index contributed by atoms with van der Waals surface area (Å²) >= 11 is 0. The van der Waals surface area contributed by atoms with Crippen LogP contribution in [0.4, 0.5) is 16.2 Å². The van der Waals surface area contributed by atoms with E-state index in [2.05, 4.69) is 24.5 Å². The largest absolute Gasteiger partial charge is 0.369 e. The Bertz CT molecular complexity index is 1130. The van der Waals surface area contributed by atoms with Crippen molar-refractivity contribution in [2.75, 3.05) is 44.2 Å². The Kier molecular flexibility index (Phi) is 14.7. The second-order valence-corrected chi connectivity index (χ2v) is 11.4. The van der Waals surface area contributed by atoms with Gasteiger partial charge in [-0.15, -0.1) is 0 Å². The van der Waals surface area contributed by atoms with Gasteiger partial charge in [0.2, 0.25) is 17.7 Å². The lowest BCUT2D eigenvalue weighted by molar-refractivity contribution is -0.139. The van der Waals surface area contributed by atoms with Gasteiger partial charge in [0.25, 0.3) is 0 Å². The molecule has 10 heteroatoms. The number of anilines is 2. The van der Waals surface area contributed by atoms with Gasteiger partial charge in [-0.25, -0.2) is 4.79 Å². The maximum atomic E-state index is 14.3. The van der Waals surface area contributed by atoms with E-state index in [0.29, 0.717) is 37.4 Å². The third kappa shape index (κ3) is 10.4. The summed E-state index contributed by atoms with van der Waals surface area (Å²) in [6, 6.07) is 17.6. The number of unbranched alkanes of at least 4 members (excludes halogenated alkanes) is 4. The molecule has 44 heavy (non-hydrogen) atoms. The van der Waals surface area contributed by atoms with E-state index in [1.807, 2.05) is 65.6 Å². The monoisotopic (exact) mass is 606 g/mol. The summed E-state index contributed by atoms with van der Waals surface area (Å²) in [5.74, 6) is -1.08. The zero-order chi connectivity index (χ0) is 31.7. The Labute approximate surface area is 262 Å². The minimum absolute atomic E-state index is 0.00942. The fraction of sp³-hybridized carbons (Fsp3) is 0.529. The third-order valence-electron chi connectivity index (χ3n) is 8.00. The summed E-state index contributed by atoms with van der Waals surface area (Å²) in [5, 5.41) is 5.80. The maximum absolute atomic E-state index is 14.3. The fourth-order valence-electron chi connectivity index (χ4n) is 5.62. The highest BCUT2D eigenvalue weighted by Crippen LogP contribution is 2.31. The molecule has 0 spiro atoms. The number of piperidine rings is 1. The summed E-state index contributed by atoms with van der Waals surface area (Å²) in [7, 11) is 0. The zero-order valence-corrected chi connectivity index (χ0v) is 26.4. The topological polar surface area (TPSA) is 128 Å². The van der Waals surface area contributed by atoms with Crippen LogP contribution < -0.4 is 21.3 Å². The molecule has 0 bridgehead atoms. The Balaban J connectivity index is 1.85. The molecular weight excluding hydrogens is 556 g/mol. The highest BCUT2D eigenvalue weighted by molar-refractivity contribution is 6.01. The fourth-order valence-corrected chi connectivity index (χ4v) is 5.62. The highest BCUT2D eigenvalue weighted by Gasteiger charge is 2.41. The first-order valence-electron chi connectivity index (χ1n) is 16.1. The Morgan fingerprint density at radius 3 is 1.93 bits per heavy atom. The van der Waals surface area contributed by atoms with E-state index in [1.54, 1.807) is 9.80 Å². The molecule has 2 aromatic carbocycles. The number of rotatable bonds is 17.